The summed E-state index contributed by atoms with van der Waals surface area (Å²) in [5, 5.41) is 0. The molecule has 0 amide bonds. The van der Waals surface area contributed by atoms with Gasteiger partial charge in [-0.15, -0.1) is 0 Å². The minimum absolute atomic E-state index is 0.0794. The summed E-state index contributed by atoms with van der Waals surface area (Å²) in [6.07, 6.45) is 1.48. The molecule has 26 heavy (non-hydrogen) atoms. The smallest absolute Gasteiger partial charge is 0.191 e. The van der Waals surface area contributed by atoms with Gasteiger partial charge in [0.05, 0.1) is 24.4 Å². The van der Waals surface area contributed by atoms with E-state index >= 15 is 0 Å². The van der Waals surface area contributed by atoms with Crippen molar-refractivity contribution in [1.29, 1.82) is 0 Å². The van der Waals surface area contributed by atoms with Crippen molar-refractivity contribution in [2.45, 2.75) is 11.8 Å². The van der Waals surface area contributed by atoms with Gasteiger partial charge in [-0.25, -0.2) is 12.8 Å². The van der Waals surface area contributed by atoms with Crippen molar-refractivity contribution in [1.82, 2.24) is 0 Å². The van der Waals surface area contributed by atoms with Crippen LogP contribution in [-0.4, -0.2) is 33.7 Å². The molecule has 1 heterocycles. The first kappa shape index (κ1) is 18.1. The average Bonchev–Trinajstić information content (AvgIpc) is 2.59. The van der Waals surface area contributed by atoms with Crippen LogP contribution in [0.2, 0.25) is 0 Å². The highest BCUT2D eigenvalue weighted by atomic mass is 32.2. The summed E-state index contributed by atoms with van der Waals surface area (Å²) in [5.41, 5.74) is 0.532. The molecule has 1 aliphatic heterocycles. The number of rotatable bonds is 4. The molecule has 0 radical (unpaired) electrons. The van der Waals surface area contributed by atoms with Gasteiger partial charge in [-0.1, -0.05) is 6.07 Å². The maximum absolute atomic E-state index is 13.5. The predicted octanol–water partition coefficient (Wildman–Crippen LogP) is 3.29. The van der Waals surface area contributed by atoms with Gasteiger partial charge in [-0.05, 0) is 48.9 Å². The average molecular weight is 376 g/mol. The van der Waals surface area contributed by atoms with Crippen LogP contribution < -0.4 is 9.47 Å². The Bertz CT molecular complexity index is 1010. The molecule has 136 valence electrons. The summed E-state index contributed by atoms with van der Waals surface area (Å²) in [6, 6.07) is 8.16. The Labute approximate surface area is 151 Å². The molecular formula is C19H17FO5S. The first-order valence-corrected chi connectivity index (χ1v) is 9.59. The number of carbonyl (C=O) groups excluding carboxylic acids is 1. The quantitative estimate of drug-likeness (QED) is 0.605. The highest BCUT2D eigenvalue weighted by molar-refractivity contribution is 7.91. The molecule has 0 spiro atoms. The van der Waals surface area contributed by atoms with Gasteiger partial charge in [-0.2, -0.15) is 0 Å². The molecule has 0 atom stereocenters. The molecule has 0 saturated heterocycles. The number of hydrogen-bond donors (Lipinski definition) is 0. The second kappa shape index (κ2) is 6.92. The molecule has 0 bridgehead atoms. The molecule has 0 aromatic heterocycles. The zero-order chi connectivity index (χ0) is 18.9. The highest BCUT2D eigenvalue weighted by Gasteiger charge is 2.33. The van der Waals surface area contributed by atoms with Gasteiger partial charge in [0.25, 0.3) is 0 Å². The van der Waals surface area contributed by atoms with Crippen molar-refractivity contribution in [3.63, 3.8) is 0 Å². The summed E-state index contributed by atoms with van der Waals surface area (Å²) in [7, 11) is -2.19. The molecule has 3 rings (SSSR count). The minimum Gasteiger partial charge on any atom is -0.493 e. The normalized spacial score (nSPS) is 17.0. The summed E-state index contributed by atoms with van der Waals surface area (Å²) in [6.45, 7) is 2.25. The maximum Gasteiger partial charge on any atom is 0.191 e. The molecule has 1 aliphatic rings. The lowest BCUT2D eigenvalue weighted by atomic mass is 10.0. The molecule has 2 aromatic rings. The first-order valence-electron chi connectivity index (χ1n) is 7.94. The van der Waals surface area contributed by atoms with Crippen LogP contribution in [0.15, 0.2) is 46.9 Å². The minimum atomic E-state index is -3.71. The topological polar surface area (TPSA) is 69.7 Å². The van der Waals surface area contributed by atoms with Crippen LogP contribution in [0, 0.1) is 5.82 Å². The summed E-state index contributed by atoms with van der Waals surface area (Å²) >= 11 is 0. The fraction of sp³-hybridized carbons (Fsp3) is 0.211. The lowest BCUT2D eigenvalue weighted by molar-refractivity contribution is 0.103. The van der Waals surface area contributed by atoms with E-state index in [4.69, 9.17) is 9.47 Å². The van der Waals surface area contributed by atoms with E-state index in [-0.39, 0.29) is 16.0 Å². The highest BCUT2D eigenvalue weighted by Crippen LogP contribution is 2.32. The van der Waals surface area contributed by atoms with Gasteiger partial charge in [0.15, 0.2) is 27.1 Å². The van der Waals surface area contributed by atoms with Crippen LogP contribution >= 0.6 is 0 Å². The molecule has 7 heteroatoms. The second-order valence-corrected chi connectivity index (χ2v) is 7.70. The zero-order valence-corrected chi connectivity index (χ0v) is 15.1. The van der Waals surface area contributed by atoms with Gasteiger partial charge in [0.2, 0.25) is 0 Å². The van der Waals surface area contributed by atoms with Crippen molar-refractivity contribution in [3.05, 3.63) is 58.9 Å². The molecule has 0 fully saturated rings. The van der Waals surface area contributed by atoms with E-state index < -0.39 is 27.2 Å². The number of Topliss-reactive ketones (excluding diaryl/α,β-unsaturated/α-hetero) is 1. The lowest BCUT2D eigenvalue weighted by Gasteiger charge is -2.18. The fourth-order valence-corrected chi connectivity index (χ4v) is 4.37. The molecule has 5 nitrogen and oxygen atoms in total. The Kier molecular flexibility index (Phi) is 4.82. The second-order valence-electron chi connectivity index (χ2n) is 5.74. The van der Waals surface area contributed by atoms with Gasteiger partial charge < -0.3 is 9.47 Å². The van der Waals surface area contributed by atoms with Crippen molar-refractivity contribution >= 4 is 21.7 Å². The number of hydrogen-bond acceptors (Lipinski definition) is 5. The predicted molar refractivity (Wildman–Crippen MR) is 94.9 cm³/mol. The lowest BCUT2D eigenvalue weighted by Crippen LogP contribution is -2.24. The van der Waals surface area contributed by atoms with Crippen LogP contribution in [-0.2, 0) is 9.84 Å². The Morgan fingerprint density at radius 3 is 2.62 bits per heavy atom. The number of sulfone groups is 1. The third kappa shape index (κ3) is 3.35. The number of benzene rings is 2. The third-order valence-electron chi connectivity index (χ3n) is 3.99. The summed E-state index contributed by atoms with van der Waals surface area (Å²) < 4.78 is 49.1. The maximum atomic E-state index is 13.5. The van der Waals surface area contributed by atoms with E-state index in [2.05, 4.69) is 0 Å². The Hall–Kier alpha value is -2.67. The van der Waals surface area contributed by atoms with Crippen LogP contribution in [0.25, 0.3) is 6.08 Å². The standard InChI is InChI=1S/C19H17FO5S/c1-3-25-17-9-12(4-6-16(17)24-2)8-13-11-26(22,23)18-7-5-14(20)10-15(18)19(13)21/h4-10H,3,11H2,1-2H3/b13-8-. The van der Waals surface area contributed by atoms with Crippen molar-refractivity contribution in [3.8, 4) is 11.5 Å². The van der Waals surface area contributed by atoms with E-state index in [1.54, 1.807) is 18.2 Å². The van der Waals surface area contributed by atoms with Crippen molar-refractivity contribution in [2.24, 2.45) is 0 Å². The molecule has 2 aromatic carbocycles. The number of fused-ring (bicyclic) bond motifs is 1. The van der Waals surface area contributed by atoms with Crippen LogP contribution in [0.5, 0.6) is 11.5 Å². The Morgan fingerprint density at radius 1 is 1.15 bits per heavy atom. The van der Waals surface area contributed by atoms with Crippen molar-refractivity contribution < 1.29 is 27.1 Å². The Morgan fingerprint density at radius 2 is 1.92 bits per heavy atom. The number of methoxy groups -OCH3 is 1. The molecule has 0 saturated carbocycles. The molecule has 0 N–H and O–H groups in total. The van der Waals surface area contributed by atoms with Crippen LogP contribution in [0.3, 0.4) is 0 Å². The molecular weight excluding hydrogens is 359 g/mol. The number of ether oxygens (including phenoxy) is 2. The fourth-order valence-electron chi connectivity index (χ4n) is 2.83. The summed E-state index contributed by atoms with van der Waals surface area (Å²) in [5.74, 6) is -0.564. The third-order valence-corrected chi connectivity index (χ3v) is 5.70. The molecule has 0 unspecified atom stereocenters. The monoisotopic (exact) mass is 376 g/mol. The SMILES string of the molecule is CCOc1cc(/C=C2/CS(=O)(=O)c3ccc(F)cc3C2=O)ccc1OC. The van der Waals surface area contributed by atoms with Crippen LogP contribution in [0.4, 0.5) is 4.39 Å². The van der Waals surface area contributed by atoms with E-state index in [1.165, 1.54) is 13.2 Å². The number of ketones is 1. The van der Waals surface area contributed by atoms with Crippen LogP contribution in [0.1, 0.15) is 22.8 Å². The number of halogens is 1. The van der Waals surface area contributed by atoms with E-state index in [0.29, 0.717) is 23.7 Å². The van der Waals surface area contributed by atoms with E-state index in [1.807, 2.05) is 6.92 Å². The summed E-state index contributed by atoms with van der Waals surface area (Å²) in [4.78, 5) is 12.5. The first-order chi connectivity index (χ1) is 12.4. The largest absolute Gasteiger partial charge is 0.493 e. The van der Waals surface area contributed by atoms with E-state index in [0.717, 1.165) is 18.2 Å². The van der Waals surface area contributed by atoms with Gasteiger partial charge >= 0.3 is 0 Å². The van der Waals surface area contributed by atoms with E-state index in [9.17, 15) is 17.6 Å². The van der Waals surface area contributed by atoms with Gasteiger partial charge in [0, 0.05) is 11.1 Å². The zero-order valence-electron chi connectivity index (χ0n) is 14.3. The number of carbonyl (C=O) groups is 1. The Balaban J connectivity index is 2.07. The van der Waals surface area contributed by atoms with Gasteiger partial charge in [0.1, 0.15) is 5.82 Å². The van der Waals surface area contributed by atoms with Gasteiger partial charge in [-0.3, -0.25) is 4.79 Å². The molecule has 0 aliphatic carbocycles. The van der Waals surface area contributed by atoms with Crippen molar-refractivity contribution in [2.75, 3.05) is 19.5 Å².